The zero-order valence-electron chi connectivity index (χ0n) is 13.6. The molecule has 138 valence electrons. The van der Waals surface area contributed by atoms with E-state index in [0.717, 1.165) is 12.1 Å². The molecule has 0 radical (unpaired) electrons. The van der Waals surface area contributed by atoms with Gasteiger partial charge in [0.05, 0.1) is 11.5 Å². The number of rotatable bonds is 8. The van der Waals surface area contributed by atoms with Crippen LogP contribution in [-0.4, -0.2) is 53.0 Å². The molecule has 11 heteroatoms. The molecule has 1 aromatic carbocycles. The lowest BCUT2D eigenvalue weighted by Gasteiger charge is -2.07. The van der Waals surface area contributed by atoms with E-state index in [-0.39, 0.29) is 24.5 Å². The third kappa shape index (κ3) is 4.12. The fourth-order valence-electron chi connectivity index (χ4n) is 2.26. The monoisotopic (exact) mass is 380 g/mol. The van der Waals surface area contributed by atoms with Crippen LogP contribution in [0.4, 0.5) is 10.2 Å². The van der Waals surface area contributed by atoms with Crippen LogP contribution in [0.25, 0.3) is 5.65 Å². The van der Waals surface area contributed by atoms with Gasteiger partial charge in [-0.15, -0.1) is 15.3 Å². The van der Waals surface area contributed by atoms with E-state index in [1.807, 2.05) is 0 Å². The number of halogens is 1. The summed E-state index contributed by atoms with van der Waals surface area (Å²) in [7, 11) is -3.74. The van der Waals surface area contributed by atoms with E-state index in [4.69, 9.17) is 5.11 Å². The van der Waals surface area contributed by atoms with Crippen molar-refractivity contribution in [2.24, 2.45) is 0 Å². The van der Waals surface area contributed by atoms with Crippen molar-refractivity contribution in [2.75, 3.05) is 25.0 Å². The summed E-state index contributed by atoms with van der Waals surface area (Å²) in [6.45, 7) is 0.407. The Morgan fingerprint density at radius 3 is 2.58 bits per heavy atom. The van der Waals surface area contributed by atoms with E-state index in [9.17, 15) is 12.8 Å². The molecule has 0 fully saturated rings. The molecule has 0 aliphatic rings. The van der Waals surface area contributed by atoms with Gasteiger partial charge in [-0.1, -0.05) is 0 Å². The quantitative estimate of drug-likeness (QED) is 0.510. The Bertz CT molecular complexity index is 990. The van der Waals surface area contributed by atoms with Crippen LogP contribution in [0.1, 0.15) is 5.82 Å². The van der Waals surface area contributed by atoms with Crippen LogP contribution in [0.3, 0.4) is 0 Å². The fourth-order valence-corrected chi connectivity index (χ4v) is 3.29. The minimum Gasteiger partial charge on any atom is -0.395 e. The molecule has 3 N–H and O–H groups in total. The second-order valence-electron chi connectivity index (χ2n) is 5.36. The van der Waals surface area contributed by atoms with E-state index < -0.39 is 15.8 Å². The Morgan fingerprint density at radius 2 is 1.85 bits per heavy atom. The van der Waals surface area contributed by atoms with Crippen LogP contribution < -0.4 is 10.0 Å². The van der Waals surface area contributed by atoms with Crippen LogP contribution in [0.2, 0.25) is 0 Å². The van der Waals surface area contributed by atoms with Crippen molar-refractivity contribution in [1.29, 1.82) is 0 Å². The summed E-state index contributed by atoms with van der Waals surface area (Å²) >= 11 is 0. The number of hydrogen-bond acceptors (Lipinski definition) is 7. The zero-order chi connectivity index (χ0) is 18.6. The van der Waals surface area contributed by atoms with Gasteiger partial charge in [0.1, 0.15) is 11.6 Å². The highest BCUT2D eigenvalue weighted by Gasteiger charge is 2.14. The van der Waals surface area contributed by atoms with Crippen molar-refractivity contribution in [3.63, 3.8) is 0 Å². The third-order valence-corrected chi connectivity index (χ3v) is 4.99. The van der Waals surface area contributed by atoms with Gasteiger partial charge in [-0.2, -0.15) is 4.52 Å². The van der Waals surface area contributed by atoms with Crippen LogP contribution in [0.5, 0.6) is 0 Å². The van der Waals surface area contributed by atoms with E-state index in [2.05, 4.69) is 25.3 Å². The van der Waals surface area contributed by atoms with Gasteiger partial charge in [-0.05, 0) is 36.4 Å². The normalized spacial score (nSPS) is 11.8. The van der Waals surface area contributed by atoms with Gasteiger partial charge in [0.15, 0.2) is 11.5 Å². The first-order chi connectivity index (χ1) is 12.5. The summed E-state index contributed by atoms with van der Waals surface area (Å²) in [5, 5.41) is 24.1. The van der Waals surface area contributed by atoms with Gasteiger partial charge < -0.3 is 10.4 Å². The average molecular weight is 380 g/mol. The molecule has 3 rings (SSSR count). The second kappa shape index (κ2) is 7.72. The average Bonchev–Trinajstić information content (AvgIpc) is 3.02. The molecule has 2 aromatic heterocycles. The summed E-state index contributed by atoms with van der Waals surface area (Å²) in [5.41, 5.74) is 0.524. The van der Waals surface area contributed by atoms with Gasteiger partial charge in [-0.25, -0.2) is 17.5 Å². The number of aliphatic hydroxyl groups excluding tert-OH is 1. The Morgan fingerprint density at radius 1 is 1.08 bits per heavy atom. The maximum absolute atomic E-state index is 12.9. The topological polar surface area (TPSA) is 122 Å². The Kier molecular flexibility index (Phi) is 5.40. The lowest BCUT2D eigenvalue weighted by Crippen LogP contribution is -2.26. The van der Waals surface area contributed by atoms with Gasteiger partial charge in [0, 0.05) is 19.5 Å². The number of benzene rings is 1. The van der Waals surface area contributed by atoms with Crippen LogP contribution in [0, 0.1) is 5.82 Å². The highest BCUT2D eigenvalue weighted by molar-refractivity contribution is 7.89. The molecule has 0 amide bonds. The van der Waals surface area contributed by atoms with Gasteiger partial charge in [0.2, 0.25) is 10.0 Å². The molecule has 0 saturated heterocycles. The van der Waals surface area contributed by atoms with E-state index in [1.165, 1.54) is 16.6 Å². The summed E-state index contributed by atoms with van der Waals surface area (Å²) in [5.74, 6) is 0.518. The highest BCUT2D eigenvalue weighted by Crippen LogP contribution is 2.10. The predicted molar refractivity (Wildman–Crippen MR) is 91.7 cm³/mol. The van der Waals surface area contributed by atoms with Crippen LogP contribution in [0.15, 0.2) is 41.3 Å². The van der Waals surface area contributed by atoms with Crippen molar-refractivity contribution in [3.05, 3.63) is 48.0 Å². The number of nitrogens with one attached hydrogen (secondary N) is 2. The lowest BCUT2D eigenvalue weighted by molar-refractivity contribution is 0.311. The molecule has 3 aromatic rings. The molecular weight excluding hydrogens is 363 g/mol. The number of fused-ring (bicyclic) bond motifs is 1. The number of aromatic nitrogens is 4. The van der Waals surface area contributed by atoms with Crippen molar-refractivity contribution in [2.45, 2.75) is 11.3 Å². The molecule has 26 heavy (non-hydrogen) atoms. The SMILES string of the molecule is O=S(=O)(NCCc1nnc2ccc(NCCO)nn12)c1ccc(F)cc1. The molecule has 0 unspecified atom stereocenters. The predicted octanol–water partition coefficient (Wildman–Crippen LogP) is 0.189. The van der Waals surface area contributed by atoms with Crippen molar-refractivity contribution in [3.8, 4) is 0 Å². The maximum atomic E-state index is 12.9. The second-order valence-corrected chi connectivity index (χ2v) is 7.12. The number of sulfonamides is 1. The summed E-state index contributed by atoms with van der Waals surface area (Å²) in [6.07, 6.45) is 0.262. The minimum atomic E-state index is -3.74. The fraction of sp³-hybridized carbons (Fsp3) is 0.267. The molecule has 0 atom stereocenters. The maximum Gasteiger partial charge on any atom is 0.240 e. The largest absolute Gasteiger partial charge is 0.395 e. The summed E-state index contributed by atoms with van der Waals surface area (Å²) < 4.78 is 41.2. The lowest BCUT2D eigenvalue weighted by atomic mass is 10.4. The number of anilines is 1. The molecule has 0 aliphatic heterocycles. The Balaban J connectivity index is 1.68. The van der Waals surface area contributed by atoms with Gasteiger partial charge in [0.25, 0.3) is 0 Å². The first kappa shape index (κ1) is 18.2. The van der Waals surface area contributed by atoms with Crippen molar-refractivity contribution in [1.82, 2.24) is 24.5 Å². The first-order valence-electron chi connectivity index (χ1n) is 7.81. The molecule has 0 spiro atoms. The van der Waals surface area contributed by atoms with Crippen LogP contribution >= 0.6 is 0 Å². The smallest absolute Gasteiger partial charge is 0.240 e. The minimum absolute atomic E-state index is 0.0152. The Labute approximate surface area is 148 Å². The van der Waals surface area contributed by atoms with E-state index in [0.29, 0.717) is 23.8 Å². The van der Waals surface area contributed by atoms with E-state index >= 15 is 0 Å². The number of hydrogen-bond donors (Lipinski definition) is 3. The third-order valence-electron chi connectivity index (χ3n) is 3.51. The zero-order valence-corrected chi connectivity index (χ0v) is 14.4. The number of nitrogens with zero attached hydrogens (tertiary/aromatic N) is 4. The van der Waals surface area contributed by atoms with Crippen LogP contribution in [-0.2, 0) is 16.4 Å². The first-order valence-corrected chi connectivity index (χ1v) is 9.29. The number of aliphatic hydroxyl groups is 1. The summed E-state index contributed by atoms with van der Waals surface area (Å²) in [6, 6.07) is 8.00. The van der Waals surface area contributed by atoms with Crippen molar-refractivity contribution >= 4 is 21.5 Å². The molecule has 2 heterocycles. The van der Waals surface area contributed by atoms with Crippen molar-refractivity contribution < 1.29 is 17.9 Å². The molecular formula is C15H17FN6O3S. The highest BCUT2D eigenvalue weighted by atomic mass is 32.2. The standard InChI is InChI=1S/C15H17FN6O3S/c16-11-1-3-12(4-2-11)26(24,25)18-8-7-15-20-19-14-6-5-13(17-9-10-23)21-22(14)15/h1-6,18,23H,7-10H2,(H,17,21). The van der Waals surface area contributed by atoms with Gasteiger partial charge in [-0.3, -0.25) is 0 Å². The molecule has 0 aliphatic carbocycles. The Hall–Kier alpha value is -2.63. The molecule has 0 bridgehead atoms. The van der Waals surface area contributed by atoms with E-state index in [1.54, 1.807) is 12.1 Å². The molecule has 0 saturated carbocycles. The molecule has 9 nitrogen and oxygen atoms in total. The van der Waals surface area contributed by atoms with Gasteiger partial charge >= 0.3 is 0 Å². The summed E-state index contributed by atoms with van der Waals surface area (Å²) in [4.78, 5) is -0.0152.